The Labute approximate surface area is 347 Å². The number of carbonyl (C=O) groups is 3. The number of unbranched alkanes of at least 4 members (excludes halogenated alkanes) is 4. The van der Waals surface area contributed by atoms with Gasteiger partial charge < -0.3 is 18.7 Å². The number of anilines is 1. The minimum atomic E-state index is -4.92. The van der Waals surface area contributed by atoms with E-state index in [1.165, 1.54) is 31.2 Å². The number of hydroxylamine groups is 2. The van der Waals surface area contributed by atoms with Gasteiger partial charge in [0.1, 0.15) is 10.1 Å². The number of halogens is 4. The highest BCUT2D eigenvalue weighted by molar-refractivity contribution is 7.86. The zero-order valence-corrected chi connectivity index (χ0v) is 34.9. The number of hydrogen-bond donors (Lipinski definition) is 2. The topological polar surface area (TPSA) is 250 Å². The second-order valence-corrected chi connectivity index (χ2v) is 19.2. The molecule has 1 fully saturated rings. The van der Waals surface area contributed by atoms with Gasteiger partial charge in [-0.15, -0.1) is 5.06 Å². The Hall–Kier alpha value is -4.75. The van der Waals surface area contributed by atoms with Crippen LogP contribution in [0.5, 0.6) is 0 Å². The van der Waals surface area contributed by atoms with Crippen LogP contribution in [-0.2, 0) is 61.5 Å². The van der Waals surface area contributed by atoms with Crippen LogP contribution < -0.4 is 9.47 Å². The molecule has 61 heavy (non-hydrogen) atoms. The van der Waals surface area contributed by atoms with Crippen LogP contribution in [0.4, 0.5) is 23.2 Å². The van der Waals surface area contributed by atoms with Crippen molar-refractivity contribution in [1.82, 2.24) is 5.06 Å². The number of nitrogens with zero attached hydrogens (tertiary/aromatic N) is 3. The highest BCUT2D eigenvalue weighted by atomic mass is 32.2. The quantitative estimate of drug-likeness (QED) is 0.0295. The van der Waals surface area contributed by atoms with Crippen LogP contribution in [0.1, 0.15) is 89.0 Å². The van der Waals surface area contributed by atoms with Crippen LogP contribution >= 0.6 is 0 Å². The van der Waals surface area contributed by atoms with E-state index < -0.39 is 104 Å². The summed E-state index contributed by atoms with van der Waals surface area (Å²) < 4.78 is 168. The zero-order valence-electron chi connectivity index (χ0n) is 32.4. The monoisotopic (exact) mass is 923 g/mol. The Morgan fingerprint density at radius 3 is 2.13 bits per heavy atom. The summed E-state index contributed by atoms with van der Waals surface area (Å²) in [5.41, 5.74) is -2.73. The summed E-state index contributed by atoms with van der Waals surface area (Å²) in [7, 11) is -13.8. The number of benzene rings is 2. The first kappa shape index (κ1) is 47.3. The average molecular weight is 924 g/mol. The molecule has 1 unspecified atom stereocenters. The molecule has 24 heteroatoms. The number of imide groups is 1. The van der Waals surface area contributed by atoms with Crippen LogP contribution in [0.2, 0.25) is 0 Å². The SMILES string of the molecule is CC1(CCCCS(=O)(=O)O)/C(=C\C=C\c2oc3cc(S(=O)(=O)[O-])ccc3[n+]2CCCCCC(=O)ON2C(=O)CCC2=O)N(CCCCS(=O)(=O)O)c2c(F)c(F)c(F)c(F)c21. The standard InChI is InChI=1S/C37H41F4N3O14S3/c1-37(17-4-7-20-59(48,49)50)26(43(19-6-8-21-60(51,52)53)36-31(37)32(38)33(39)34(40)35(36)41)10-9-11-29-42(24-14-13-23(61(54,55)56)22-25(24)57-29)18-5-2-3-12-30(47)58-44-27(45)15-16-28(44)46/h9-11,13-14,22H,2-8,12,15-21H2,1H3,(H2-,48,49,50,51,52,53,54,55,56). The Morgan fingerprint density at radius 1 is 0.885 bits per heavy atom. The van der Waals surface area contributed by atoms with E-state index in [9.17, 15) is 62.1 Å². The molecule has 2 aromatic carbocycles. The van der Waals surface area contributed by atoms with Crippen molar-refractivity contribution in [1.29, 1.82) is 0 Å². The van der Waals surface area contributed by atoms with Gasteiger partial charge in [-0.25, -0.2) is 30.8 Å². The minimum Gasteiger partial charge on any atom is -0.744 e. The summed E-state index contributed by atoms with van der Waals surface area (Å²) in [4.78, 5) is 41.2. The van der Waals surface area contributed by atoms with Crippen LogP contribution in [0.25, 0.3) is 17.2 Å². The molecular formula is C37H41F4N3O14S3. The van der Waals surface area contributed by atoms with Gasteiger partial charge in [-0.3, -0.25) is 18.7 Å². The fourth-order valence-corrected chi connectivity index (χ4v) is 8.96. The molecule has 0 aliphatic carbocycles. The summed E-state index contributed by atoms with van der Waals surface area (Å²) in [6, 6.07) is 3.38. The second kappa shape index (κ2) is 18.7. The Kier molecular flexibility index (Phi) is 14.5. The first-order chi connectivity index (χ1) is 28.4. The second-order valence-electron chi connectivity index (χ2n) is 14.6. The molecule has 3 aromatic rings. The van der Waals surface area contributed by atoms with Crippen LogP contribution in [0.3, 0.4) is 0 Å². The third-order valence-corrected chi connectivity index (χ3v) is 12.7. The minimum absolute atomic E-state index is 0.0203. The zero-order chi connectivity index (χ0) is 45.1. The lowest BCUT2D eigenvalue weighted by Gasteiger charge is -2.30. The average Bonchev–Trinajstić information content (AvgIpc) is 3.76. The van der Waals surface area contributed by atoms with E-state index in [0.29, 0.717) is 23.4 Å². The smallest absolute Gasteiger partial charge is 0.374 e. The first-order valence-electron chi connectivity index (χ1n) is 18.8. The molecule has 17 nitrogen and oxygen atoms in total. The van der Waals surface area contributed by atoms with Crippen LogP contribution in [0.15, 0.2) is 45.4 Å². The van der Waals surface area contributed by atoms with Gasteiger partial charge >= 0.3 is 11.9 Å². The molecule has 5 rings (SSSR count). The van der Waals surface area contributed by atoms with Gasteiger partial charge in [0, 0.05) is 61.0 Å². The number of amides is 2. The lowest BCUT2D eigenvalue weighted by Crippen LogP contribution is -2.35. The summed E-state index contributed by atoms with van der Waals surface area (Å²) in [5.74, 6) is -11.2. The number of fused-ring (bicyclic) bond motifs is 2. The Balaban J connectivity index is 1.50. The summed E-state index contributed by atoms with van der Waals surface area (Å²) in [5, 5.41) is 0.434. The third-order valence-electron chi connectivity index (χ3n) is 10.2. The molecule has 2 aliphatic heterocycles. The Bertz CT molecular complexity index is 2620. The number of aryl methyl sites for hydroxylation is 1. The lowest BCUT2D eigenvalue weighted by molar-refractivity contribution is -0.678. The molecule has 3 heterocycles. The summed E-state index contributed by atoms with van der Waals surface area (Å²) in [6.45, 7) is 1.23. The molecule has 2 amide bonds. The Morgan fingerprint density at radius 2 is 1.51 bits per heavy atom. The van der Waals surface area contributed by atoms with Gasteiger partial charge in [0.25, 0.3) is 37.6 Å². The largest absolute Gasteiger partial charge is 0.744 e. The number of aromatic nitrogens is 1. The highest BCUT2D eigenvalue weighted by Crippen LogP contribution is 2.54. The van der Waals surface area contributed by atoms with Crippen molar-refractivity contribution in [2.45, 2.75) is 94.4 Å². The number of oxazole rings is 1. The van der Waals surface area contributed by atoms with E-state index in [0.717, 1.165) is 17.0 Å². The lowest BCUT2D eigenvalue weighted by atomic mass is 9.76. The van der Waals surface area contributed by atoms with Crippen molar-refractivity contribution in [3.05, 3.63) is 70.8 Å². The molecule has 0 bridgehead atoms. The van der Waals surface area contributed by atoms with Crippen molar-refractivity contribution < 1.29 is 84.7 Å². The van der Waals surface area contributed by atoms with Crippen molar-refractivity contribution in [3.8, 4) is 0 Å². The van der Waals surface area contributed by atoms with Gasteiger partial charge in [0.05, 0.1) is 28.2 Å². The molecule has 334 valence electrons. The molecule has 0 spiro atoms. The van der Waals surface area contributed by atoms with Crippen LogP contribution in [-0.4, -0.2) is 79.8 Å². The van der Waals surface area contributed by atoms with Gasteiger partial charge in [-0.05, 0) is 57.6 Å². The van der Waals surface area contributed by atoms with Crippen molar-refractivity contribution >= 4 is 71.0 Å². The maximum absolute atomic E-state index is 15.8. The fraction of sp³-hybridized carbons (Fsp3) is 0.459. The van der Waals surface area contributed by atoms with Crippen molar-refractivity contribution in [2.75, 3.05) is 23.0 Å². The van der Waals surface area contributed by atoms with Gasteiger partial charge in [-0.2, -0.15) is 21.4 Å². The molecular weight excluding hydrogens is 883 g/mol. The maximum Gasteiger partial charge on any atom is 0.374 e. The van der Waals surface area contributed by atoms with E-state index >= 15 is 8.78 Å². The van der Waals surface area contributed by atoms with Crippen molar-refractivity contribution in [2.24, 2.45) is 0 Å². The molecule has 2 N–H and O–H groups in total. The fourth-order valence-electron chi connectivity index (χ4n) is 7.34. The van der Waals surface area contributed by atoms with E-state index in [-0.39, 0.29) is 88.0 Å². The number of hydrogen-bond acceptors (Lipinski definition) is 13. The van der Waals surface area contributed by atoms with Crippen molar-refractivity contribution in [3.63, 3.8) is 0 Å². The maximum atomic E-state index is 15.8. The van der Waals surface area contributed by atoms with Gasteiger partial charge in [0.15, 0.2) is 29.8 Å². The van der Waals surface area contributed by atoms with E-state index in [2.05, 4.69) is 0 Å². The highest BCUT2D eigenvalue weighted by Gasteiger charge is 2.49. The number of carbonyl (C=O) groups excluding carboxylic acids is 3. The number of rotatable bonds is 20. The van der Waals surface area contributed by atoms with E-state index in [4.69, 9.17) is 9.25 Å². The molecule has 2 aliphatic rings. The summed E-state index contributed by atoms with van der Waals surface area (Å²) >= 11 is 0. The predicted octanol–water partition coefficient (Wildman–Crippen LogP) is 4.75. The molecule has 1 saturated heterocycles. The molecule has 1 aromatic heterocycles. The molecule has 0 radical (unpaired) electrons. The predicted molar refractivity (Wildman–Crippen MR) is 204 cm³/mol. The van der Waals surface area contributed by atoms with Crippen LogP contribution in [0, 0.1) is 23.3 Å². The van der Waals surface area contributed by atoms with E-state index in [1.54, 1.807) is 4.57 Å². The first-order valence-corrected chi connectivity index (χ1v) is 23.5. The van der Waals surface area contributed by atoms with Gasteiger partial charge in [-0.1, -0.05) is 12.5 Å². The molecule has 1 atom stereocenters. The van der Waals surface area contributed by atoms with E-state index in [1.807, 2.05) is 0 Å². The summed E-state index contributed by atoms with van der Waals surface area (Å²) in [6.07, 6.45) is 4.03. The normalized spacial score (nSPS) is 18.1. The van der Waals surface area contributed by atoms with Gasteiger partial charge in [0.2, 0.25) is 5.58 Å². The number of allylic oxidation sites excluding steroid dienone is 3. The molecule has 0 saturated carbocycles. The third kappa shape index (κ3) is 11.2.